The van der Waals surface area contributed by atoms with Gasteiger partial charge in [-0.15, -0.1) is 0 Å². The highest BCUT2D eigenvalue weighted by Gasteiger charge is 2.23. The summed E-state index contributed by atoms with van der Waals surface area (Å²) in [5.74, 6) is -0.639. The predicted octanol–water partition coefficient (Wildman–Crippen LogP) is 7.24. The van der Waals surface area contributed by atoms with Crippen molar-refractivity contribution in [3.63, 3.8) is 0 Å². The average molecular weight is 1050 g/mol. The van der Waals surface area contributed by atoms with Crippen molar-refractivity contribution < 1.29 is 77.5 Å². The molecule has 0 bridgehead atoms. The third-order valence-corrected chi connectivity index (χ3v) is 12.9. The van der Waals surface area contributed by atoms with Crippen LogP contribution in [-0.4, -0.2) is 122 Å². The van der Waals surface area contributed by atoms with Crippen molar-refractivity contribution in [2.45, 2.75) is 56.5 Å². The van der Waals surface area contributed by atoms with E-state index in [4.69, 9.17) is 37.9 Å². The zero-order valence-corrected chi connectivity index (χ0v) is 42.5. The number of carbonyl (C=O) groups excluding carboxylic acids is 4. The number of aliphatic hydroxyl groups is 4. The van der Waals surface area contributed by atoms with Gasteiger partial charge in [0.05, 0.1) is 25.7 Å². The molecule has 0 fully saturated rings. The molecule has 16 nitrogen and oxygen atoms in total. The quantitative estimate of drug-likeness (QED) is 0.0298. The molecule has 4 aromatic rings. The zero-order chi connectivity index (χ0) is 53.9. The van der Waals surface area contributed by atoms with E-state index in [-0.39, 0.29) is 109 Å². The van der Waals surface area contributed by atoms with Crippen LogP contribution in [0.3, 0.4) is 0 Å². The monoisotopic (exact) mass is 1050 g/mol. The Bertz CT molecular complexity index is 2710. The van der Waals surface area contributed by atoms with Gasteiger partial charge in [0.15, 0.2) is 0 Å². The molecule has 4 atom stereocenters. The fourth-order valence-electron chi connectivity index (χ4n) is 8.84. The van der Waals surface area contributed by atoms with Crippen LogP contribution < -0.4 is 18.9 Å². The third-order valence-electron chi connectivity index (χ3n) is 12.9. The van der Waals surface area contributed by atoms with Crippen LogP contribution in [0.5, 0.6) is 23.0 Å². The SMILES string of the molecule is O=C(CC1C=CC=C1)OCC(O)COc1ccc2ccc(OCC(O)COC(=O)CC3C=CC=C3)c(Cc3c(OCC(O)COC(=O)CC4C=CC=C4)ccc4ccc(OCC(O)COC(=O)CC5C=CC=C5)cc34)c2c1. The Kier molecular flexibility index (Phi) is 20.1. The predicted molar refractivity (Wildman–Crippen MR) is 286 cm³/mol. The van der Waals surface area contributed by atoms with E-state index in [1.807, 2.05) is 121 Å². The van der Waals surface area contributed by atoms with Gasteiger partial charge in [0, 0.05) is 41.2 Å². The van der Waals surface area contributed by atoms with Crippen molar-refractivity contribution in [2.24, 2.45) is 23.7 Å². The smallest absolute Gasteiger partial charge is 0.306 e. The Labute approximate surface area is 446 Å². The van der Waals surface area contributed by atoms with Crippen LogP contribution in [-0.2, 0) is 44.5 Å². The third kappa shape index (κ3) is 17.1. The maximum atomic E-state index is 12.6. The Hall–Kier alpha value is -7.76. The second-order valence-electron chi connectivity index (χ2n) is 19.2. The summed E-state index contributed by atoms with van der Waals surface area (Å²) >= 11 is 0. The molecule has 0 saturated carbocycles. The molecular weight excluding hydrogens is 989 g/mol. The highest BCUT2D eigenvalue weighted by atomic mass is 16.6. The maximum Gasteiger partial charge on any atom is 0.306 e. The van der Waals surface area contributed by atoms with Crippen LogP contribution in [0.15, 0.2) is 158 Å². The minimum atomic E-state index is -1.20. The van der Waals surface area contributed by atoms with Gasteiger partial charge in [-0.2, -0.15) is 0 Å². The Morgan fingerprint density at radius 2 is 0.636 bits per heavy atom. The van der Waals surface area contributed by atoms with Crippen LogP contribution >= 0.6 is 0 Å². The topological polar surface area (TPSA) is 223 Å². The van der Waals surface area contributed by atoms with E-state index >= 15 is 0 Å². The van der Waals surface area contributed by atoms with Crippen LogP contribution in [0.1, 0.15) is 36.8 Å². The summed E-state index contributed by atoms with van der Waals surface area (Å²) in [6, 6.07) is 17.9. The Balaban J connectivity index is 1.05. The van der Waals surface area contributed by atoms with Crippen molar-refractivity contribution in [3.8, 4) is 23.0 Å². The van der Waals surface area contributed by atoms with Crippen molar-refractivity contribution in [2.75, 3.05) is 52.9 Å². The molecule has 4 aliphatic carbocycles. The van der Waals surface area contributed by atoms with Crippen molar-refractivity contribution in [1.29, 1.82) is 0 Å². The van der Waals surface area contributed by atoms with E-state index in [0.717, 1.165) is 10.8 Å². The number of carbonyl (C=O) groups is 4. The molecule has 0 saturated heterocycles. The van der Waals surface area contributed by atoms with Gasteiger partial charge in [-0.1, -0.05) is 121 Å². The zero-order valence-electron chi connectivity index (χ0n) is 42.5. The standard InChI is InChI=1S/C61H64O16/c62-46(36-74-58(66)25-40-9-1-2-10-40)32-70-50-21-17-44-19-23-56(72-34-48(64)38-76-60(68)27-42-13-5-6-14-42)54(52(44)29-50)31-55-53-30-51(71-33-47(63)37-75-59(67)26-41-11-3-4-12-41)22-18-45(53)20-24-57(55)73-35-49(65)39-77-61(69)28-43-15-7-8-16-43/h1-24,29-30,40-43,46-49,62-65H,25-28,31-39H2. The highest BCUT2D eigenvalue weighted by Crippen LogP contribution is 2.39. The summed E-state index contributed by atoms with van der Waals surface area (Å²) < 4.78 is 46.4. The summed E-state index contributed by atoms with van der Waals surface area (Å²) in [5.41, 5.74) is 1.21. The number of benzene rings is 4. The van der Waals surface area contributed by atoms with E-state index in [1.165, 1.54) is 0 Å². The molecule has 4 N–H and O–H groups in total. The molecule has 404 valence electrons. The van der Waals surface area contributed by atoms with E-state index in [2.05, 4.69) is 0 Å². The van der Waals surface area contributed by atoms with Gasteiger partial charge in [0.1, 0.15) is 100 Å². The largest absolute Gasteiger partial charge is 0.491 e. The van der Waals surface area contributed by atoms with Crippen LogP contribution in [0.4, 0.5) is 0 Å². The highest BCUT2D eigenvalue weighted by molar-refractivity contribution is 5.93. The van der Waals surface area contributed by atoms with E-state index in [9.17, 15) is 39.6 Å². The lowest BCUT2D eigenvalue weighted by atomic mass is 9.93. The number of ether oxygens (including phenoxy) is 8. The molecule has 0 amide bonds. The van der Waals surface area contributed by atoms with Gasteiger partial charge in [0.2, 0.25) is 0 Å². The number of fused-ring (bicyclic) bond motifs is 2. The Morgan fingerprint density at radius 3 is 0.935 bits per heavy atom. The first-order valence-corrected chi connectivity index (χ1v) is 25.8. The molecule has 8 rings (SSSR count). The van der Waals surface area contributed by atoms with Crippen LogP contribution in [0.2, 0.25) is 0 Å². The normalized spacial score (nSPS) is 16.4. The van der Waals surface area contributed by atoms with E-state index in [0.29, 0.717) is 44.9 Å². The summed E-state index contributed by atoms with van der Waals surface area (Å²) in [7, 11) is 0. The second kappa shape index (κ2) is 27.9. The van der Waals surface area contributed by atoms with Gasteiger partial charge in [-0.05, 0) is 57.9 Å². The number of rotatable bonds is 30. The second-order valence-corrected chi connectivity index (χ2v) is 19.2. The molecule has 77 heavy (non-hydrogen) atoms. The lowest BCUT2D eigenvalue weighted by Gasteiger charge is -2.21. The lowest BCUT2D eigenvalue weighted by molar-refractivity contribution is -0.148. The first-order chi connectivity index (χ1) is 37.4. The molecule has 0 radical (unpaired) electrons. The molecule has 4 aliphatic rings. The van der Waals surface area contributed by atoms with Gasteiger partial charge >= 0.3 is 23.9 Å². The van der Waals surface area contributed by atoms with E-state index in [1.54, 1.807) is 36.4 Å². The number of hydrogen-bond donors (Lipinski definition) is 4. The molecule has 4 unspecified atom stereocenters. The fraction of sp³-hybridized carbons (Fsp3) is 0.344. The molecule has 0 heterocycles. The number of aliphatic hydroxyl groups excluding tert-OH is 4. The molecule has 16 heteroatoms. The summed E-state index contributed by atoms with van der Waals surface area (Å²) in [6.07, 6.45) is 26.0. The summed E-state index contributed by atoms with van der Waals surface area (Å²) in [5, 5.41) is 46.6. The number of hydrogen-bond acceptors (Lipinski definition) is 16. The summed E-state index contributed by atoms with van der Waals surface area (Å²) in [4.78, 5) is 50.1. The molecule has 0 aliphatic heterocycles. The summed E-state index contributed by atoms with van der Waals surface area (Å²) in [6.45, 7) is -2.08. The fourth-order valence-corrected chi connectivity index (χ4v) is 8.84. The maximum absolute atomic E-state index is 12.6. The van der Waals surface area contributed by atoms with Gasteiger partial charge in [-0.25, -0.2) is 0 Å². The minimum Gasteiger partial charge on any atom is -0.491 e. The van der Waals surface area contributed by atoms with Crippen LogP contribution in [0.25, 0.3) is 21.5 Å². The molecule has 0 aromatic heterocycles. The van der Waals surface area contributed by atoms with Crippen molar-refractivity contribution in [1.82, 2.24) is 0 Å². The van der Waals surface area contributed by atoms with E-state index < -0.39 is 48.3 Å². The molecule has 0 spiro atoms. The van der Waals surface area contributed by atoms with Crippen LogP contribution in [0, 0.1) is 23.7 Å². The molecular formula is C61H64O16. The van der Waals surface area contributed by atoms with Crippen molar-refractivity contribution >= 4 is 45.4 Å². The average Bonchev–Trinajstić information content (AvgIpc) is 4.33. The number of allylic oxidation sites excluding steroid dienone is 16. The Morgan fingerprint density at radius 1 is 0.364 bits per heavy atom. The number of esters is 4. The lowest BCUT2D eigenvalue weighted by Crippen LogP contribution is -2.26. The van der Waals surface area contributed by atoms with Crippen molar-refractivity contribution in [3.05, 3.63) is 169 Å². The first kappa shape index (κ1) is 55.5. The minimum absolute atomic E-state index is 0.0535. The molecule has 4 aromatic carbocycles. The first-order valence-electron chi connectivity index (χ1n) is 25.8. The van der Waals surface area contributed by atoms with Gasteiger partial charge in [0.25, 0.3) is 0 Å². The van der Waals surface area contributed by atoms with Gasteiger partial charge in [-0.3, -0.25) is 19.2 Å². The van der Waals surface area contributed by atoms with Gasteiger partial charge < -0.3 is 58.3 Å².